The van der Waals surface area contributed by atoms with Crippen molar-refractivity contribution in [1.82, 2.24) is 9.29 Å². The van der Waals surface area contributed by atoms with E-state index in [1.807, 2.05) is 25.1 Å². The zero-order valence-corrected chi connectivity index (χ0v) is 9.87. The van der Waals surface area contributed by atoms with Crippen molar-refractivity contribution < 1.29 is 8.42 Å². The van der Waals surface area contributed by atoms with E-state index >= 15 is 0 Å². The summed E-state index contributed by atoms with van der Waals surface area (Å²) in [5.41, 5.74) is 0.764. The topological polar surface area (TPSA) is 50.3 Å². The van der Waals surface area contributed by atoms with Gasteiger partial charge in [0.15, 0.2) is 0 Å². The highest BCUT2D eigenvalue weighted by Crippen LogP contribution is 2.05. The van der Waals surface area contributed by atoms with E-state index in [0.29, 0.717) is 13.0 Å². The fourth-order valence-electron chi connectivity index (χ4n) is 1.23. The number of rotatable bonds is 5. The van der Waals surface area contributed by atoms with Crippen LogP contribution >= 0.6 is 0 Å². The second kappa shape index (κ2) is 5.23. The van der Waals surface area contributed by atoms with Gasteiger partial charge in [-0.05, 0) is 18.6 Å². The van der Waals surface area contributed by atoms with Gasteiger partial charge in [0.2, 0.25) is 10.0 Å². The van der Waals surface area contributed by atoms with Gasteiger partial charge in [-0.25, -0.2) is 8.42 Å². The van der Waals surface area contributed by atoms with E-state index in [1.54, 1.807) is 13.2 Å². The quantitative estimate of drug-likeness (QED) is 0.762. The molecule has 1 aromatic rings. The Hall–Kier alpha value is -0.940. The second-order valence-corrected chi connectivity index (χ2v) is 5.59. The van der Waals surface area contributed by atoms with Crippen LogP contribution in [-0.4, -0.2) is 30.5 Å². The first-order valence-corrected chi connectivity index (χ1v) is 6.51. The van der Waals surface area contributed by atoms with Crippen LogP contribution in [0.15, 0.2) is 24.4 Å². The Kier molecular flexibility index (Phi) is 4.23. The maximum atomic E-state index is 11.6. The molecule has 0 atom stereocenters. The Morgan fingerprint density at radius 1 is 1.40 bits per heavy atom. The van der Waals surface area contributed by atoms with Crippen LogP contribution in [0, 0.1) is 0 Å². The molecule has 1 heterocycles. The number of hydrogen-bond acceptors (Lipinski definition) is 3. The summed E-state index contributed by atoms with van der Waals surface area (Å²) in [6, 6.07) is 5.48. The third kappa shape index (κ3) is 3.60. The SMILES string of the molecule is CCCS(=O)(=O)N(C)Cc1ccccn1. The zero-order chi connectivity index (χ0) is 11.3. The minimum atomic E-state index is -3.12. The number of pyridine rings is 1. The van der Waals surface area contributed by atoms with Crippen molar-refractivity contribution in [2.24, 2.45) is 0 Å². The van der Waals surface area contributed by atoms with Gasteiger partial charge in [-0.1, -0.05) is 13.0 Å². The van der Waals surface area contributed by atoms with Gasteiger partial charge in [-0.15, -0.1) is 0 Å². The van der Waals surface area contributed by atoms with Crippen LogP contribution < -0.4 is 0 Å². The highest BCUT2D eigenvalue weighted by atomic mass is 32.2. The molecule has 0 radical (unpaired) electrons. The lowest BCUT2D eigenvalue weighted by atomic mass is 10.3. The van der Waals surface area contributed by atoms with E-state index in [2.05, 4.69) is 4.98 Å². The minimum Gasteiger partial charge on any atom is -0.260 e. The fraction of sp³-hybridized carbons (Fsp3) is 0.500. The molecule has 0 saturated carbocycles. The molecule has 5 heteroatoms. The van der Waals surface area contributed by atoms with Crippen molar-refractivity contribution in [3.05, 3.63) is 30.1 Å². The fourth-order valence-corrected chi connectivity index (χ4v) is 2.39. The number of sulfonamides is 1. The van der Waals surface area contributed by atoms with Crippen LogP contribution in [0.5, 0.6) is 0 Å². The summed E-state index contributed by atoms with van der Waals surface area (Å²) in [6.07, 6.45) is 2.30. The summed E-state index contributed by atoms with van der Waals surface area (Å²) in [5, 5.41) is 0. The molecular formula is C10H16N2O2S. The summed E-state index contributed by atoms with van der Waals surface area (Å²) >= 11 is 0. The smallest absolute Gasteiger partial charge is 0.214 e. The van der Waals surface area contributed by atoms with Crippen molar-refractivity contribution in [1.29, 1.82) is 0 Å². The average molecular weight is 228 g/mol. The van der Waals surface area contributed by atoms with Gasteiger partial charge >= 0.3 is 0 Å². The van der Waals surface area contributed by atoms with E-state index in [-0.39, 0.29) is 5.75 Å². The largest absolute Gasteiger partial charge is 0.260 e. The van der Waals surface area contributed by atoms with Crippen LogP contribution in [0.2, 0.25) is 0 Å². The molecule has 0 aromatic carbocycles. The number of nitrogens with zero attached hydrogens (tertiary/aromatic N) is 2. The molecule has 1 rings (SSSR count). The molecule has 0 spiro atoms. The van der Waals surface area contributed by atoms with Crippen molar-refractivity contribution in [2.75, 3.05) is 12.8 Å². The Labute approximate surface area is 91.0 Å². The molecule has 0 bridgehead atoms. The molecule has 0 unspecified atom stereocenters. The molecule has 84 valence electrons. The monoisotopic (exact) mass is 228 g/mol. The molecule has 15 heavy (non-hydrogen) atoms. The number of hydrogen-bond donors (Lipinski definition) is 0. The lowest BCUT2D eigenvalue weighted by molar-refractivity contribution is 0.461. The lowest BCUT2D eigenvalue weighted by Crippen LogP contribution is -2.28. The molecule has 0 amide bonds. The Balaban J connectivity index is 2.68. The molecular weight excluding hydrogens is 212 g/mol. The van der Waals surface area contributed by atoms with E-state index in [4.69, 9.17) is 0 Å². The first-order valence-electron chi connectivity index (χ1n) is 4.90. The van der Waals surface area contributed by atoms with Crippen LogP contribution in [0.3, 0.4) is 0 Å². The zero-order valence-electron chi connectivity index (χ0n) is 9.05. The molecule has 4 nitrogen and oxygen atoms in total. The van der Waals surface area contributed by atoms with Gasteiger partial charge in [0.1, 0.15) is 0 Å². The lowest BCUT2D eigenvalue weighted by Gasteiger charge is -2.15. The first kappa shape index (κ1) is 12.1. The molecule has 0 N–H and O–H groups in total. The summed E-state index contributed by atoms with van der Waals surface area (Å²) in [6.45, 7) is 2.19. The molecule has 0 saturated heterocycles. The number of aromatic nitrogens is 1. The minimum absolute atomic E-state index is 0.191. The Morgan fingerprint density at radius 2 is 2.13 bits per heavy atom. The van der Waals surface area contributed by atoms with Gasteiger partial charge < -0.3 is 0 Å². The van der Waals surface area contributed by atoms with Crippen molar-refractivity contribution in [3.8, 4) is 0 Å². The second-order valence-electron chi connectivity index (χ2n) is 3.39. The first-order chi connectivity index (χ1) is 7.06. The van der Waals surface area contributed by atoms with Gasteiger partial charge in [-0.3, -0.25) is 4.98 Å². The van der Waals surface area contributed by atoms with E-state index in [9.17, 15) is 8.42 Å². The van der Waals surface area contributed by atoms with Crippen molar-refractivity contribution >= 4 is 10.0 Å². The van der Waals surface area contributed by atoms with E-state index < -0.39 is 10.0 Å². The molecule has 0 fully saturated rings. The van der Waals surface area contributed by atoms with Gasteiger partial charge in [0.25, 0.3) is 0 Å². The average Bonchev–Trinajstić information content (AvgIpc) is 2.19. The highest BCUT2D eigenvalue weighted by molar-refractivity contribution is 7.89. The van der Waals surface area contributed by atoms with Crippen LogP contribution in [0.1, 0.15) is 19.0 Å². The summed E-state index contributed by atoms with van der Waals surface area (Å²) < 4.78 is 24.6. The van der Waals surface area contributed by atoms with Crippen molar-refractivity contribution in [2.45, 2.75) is 19.9 Å². The van der Waals surface area contributed by atoms with Crippen molar-refractivity contribution in [3.63, 3.8) is 0 Å². The predicted octanol–water partition coefficient (Wildman–Crippen LogP) is 1.25. The maximum Gasteiger partial charge on any atom is 0.214 e. The van der Waals surface area contributed by atoms with Crippen LogP contribution in [-0.2, 0) is 16.6 Å². The van der Waals surface area contributed by atoms with Crippen LogP contribution in [0.25, 0.3) is 0 Å². The third-order valence-corrected chi connectivity index (χ3v) is 4.05. The molecule has 1 aromatic heterocycles. The predicted molar refractivity (Wildman–Crippen MR) is 59.8 cm³/mol. The summed E-state index contributed by atoms with van der Waals surface area (Å²) in [7, 11) is -1.53. The van der Waals surface area contributed by atoms with Gasteiger partial charge in [0.05, 0.1) is 18.0 Å². The van der Waals surface area contributed by atoms with Gasteiger partial charge in [0, 0.05) is 13.2 Å². The Morgan fingerprint density at radius 3 is 2.67 bits per heavy atom. The van der Waals surface area contributed by atoms with E-state index in [1.165, 1.54) is 4.31 Å². The highest BCUT2D eigenvalue weighted by Gasteiger charge is 2.16. The third-order valence-electron chi connectivity index (χ3n) is 2.05. The van der Waals surface area contributed by atoms with Gasteiger partial charge in [-0.2, -0.15) is 4.31 Å². The maximum absolute atomic E-state index is 11.6. The normalized spacial score (nSPS) is 11.9. The Bertz CT molecular complexity index is 389. The molecule has 0 aliphatic heterocycles. The summed E-state index contributed by atoms with van der Waals surface area (Å²) in [4.78, 5) is 4.09. The molecule has 0 aliphatic rings. The van der Waals surface area contributed by atoms with E-state index in [0.717, 1.165) is 5.69 Å². The standard InChI is InChI=1S/C10H16N2O2S/c1-3-8-15(13,14)12(2)9-10-6-4-5-7-11-10/h4-7H,3,8-9H2,1-2H3. The molecule has 0 aliphatic carbocycles. The summed E-state index contributed by atoms with van der Waals surface area (Å²) in [5.74, 6) is 0.191. The van der Waals surface area contributed by atoms with Crippen LogP contribution in [0.4, 0.5) is 0 Å².